The molecular weight excluding hydrogens is 322 g/mol. The van der Waals surface area contributed by atoms with Crippen molar-refractivity contribution in [3.05, 3.63) is 76.1 Å². The Hall–Kier alpha value is -2.88. The van der Waals surface area contributed by atoms with E-state index in [1.165, 1.54) is 11.3 Å². The maximum Gasteiger partial charge on any atom is 0.276 e. The van der Waals surface area contributed by atoms with Crippen LogP contribution < -0.4 is 5.32 Å². The number of nitrogens with zero attached hydrogens (tertiary/aromatic N) is 2. The van der Waals surface area contributed by atoms with E-state index in [1.807, 2.05) is 30.7 Å². The number of carbonyl (C=O) groups excluding carboxylic acids is 1. The summed E-state index contributed by atoms with van der Waals surface area (Å²) in [7, 11) is 0. The highest BCUT2D eigenvalue weighted by Gasteiger charge is 2.27. The molecule has 4 nitrogen and oxygen atoms in total. The zero-order valence-electron chi connectivity index (χ0n) is 15.5. The smallest absolute Gasteiger partial charge is 0.276 e. The molecule has 0 radical (unpaired) electrons. The average molecular weight is 345 g/mol. The Bertz CT molecular complexity index is 983. The highest BCUT2D eigenvalue weighted by molar-refractivity contribution is 6.04. The summed E-state index contributed by atoms with van der Waals surface area (Å²) < 4.78 is 1.94. The zero-order chi connectivity index (χ0) is 18.3. The van der Waals surface area contributed by atoms with Gasteiger partial charge >= 0.3 is 0 Å². The van der Waals surface area contributed by atoms with Gasteiger partial charge in [-0.15, -0.1) is 0 Å². The molecule has 1 amide bonds. The van der Waals surface area contributed by atoms with E-state index in [9.17, 15) is 4.79 Å². The molecule has 26 heavy (non-hydrogen) atoms. The van der Waals surface area contributed by atoms with Crippen molar-refractivity contribution in [1.82, 2.24) is 9.78 Å². The summed E-state index contributed by atoms with van der Waals surface area (Å²) in [6, 6.07) is 14.4. The van der Waals surface area contributed by atoms with Crippen LogP contribution >= 0.6 is 0 Å². The Morgan fingerprint density at radius 2 is 1.73 bits per heavy atom. The first kappa shape index (κ1) is 16.6. The van der Waals surface area contributed by atoms with Crippen molar-refractivity contribution in [2.75, 3.05) is 5.32 Å². The van der Waals surface area contributed by atoms with Crippen LogP contribution in [0.2, 0.25) is 0 Å². The topological polar surface area (TPSA) is 46.9 Å². The molecule has 1 heterocycles. The van der Waals surface area contributed by atoms with E-state index in [0.29, 0.717) is 5.69 Å². The van der Waals surface area contributed by atoms with Crippen molar-refractivity contribution in [3.8, 4) is 5.69 Å². The fraction of sp³-hybridized carbons (Fsp3) is 0.273. The Morgan fingerprint density at radius 1 is 1.00 bits per heavy atom. The van der Waals surface area contributed by atoms with Gasteiger partial charge in [-0.25, -0.2) is 4.68 Å². The number of nitrogens with one attached hydrogen (secondary N) is 1. The third-order valence-corrected chi connectivity index (χ3v) is 5.07. The molecule has 0 aliphatic heterocycles. The fourth-order valence-corrected chi connectivity index (χ4v) is 3.57. The third kappa shape index (κ3) is 2.92. The van der Waals surface area contributed by atoms with Crippen LogP contribution in [0.3, 0.4) is 0 Å². The molecule has 1 N–H and O–H groups in total. The molecule has 0 spiro atoms. The van der Waals surface area contributed by atoms with Gasteiger partial charge in [0.1, 0.15) is 0 Å². The van der Waals surface area contributed by atoms with Gasteiger partial charge in [0, 0.05) is 16.9 Å². The molecule has 1 aliphatic rings. The van der Waals surface area contributed by atoms with Gasteiger partial charge in [-0.3, -0.25) is 4.79 Å². The SMILES string of the molecule is Cc1ccc(-n2nc(C(=O)Nc3cc(C)ccc3C)c3c2CCC3)cc1. The summed E-state index contributed by atoms with van der Waals surface area (Å²) in [5.74, 6) is -0.122. The predicted molar refractivity (Wildman–Crippen MR) is 104 cm³/mol. The lowest BCUT2D eigenvalue weighted by Crippen LogP contribution is -2.15. The van der Waals surface area contributed by atoms with Crippen molar-refractivity contribution in [3.63, 3.8) is 0 Å². The summed E-state index contributed by atoms with van der Waals surface area (Å²) >= 11 is 0. The van der Waals surface area contributed by atoms with E-state index in [2.05, 4.69) is 47.7 Å². The number of rotatable bonds is 3. The number of fused-ring (bicyclic) bond motifs is 1. The minimum atomic E-state index is -0.122. The Kier molecular flexibility index (Phi) is 4.11. The summed E-state index contributed by atoms with van der Waals surface area (Å²) in [6.07, 6.45) is 2.95. The normalized spacial score (nSPS) is 12.9. The van der Waals surface area contributed by atoms with Gasteiger partial charge in [0.15, 0.2) is 5.69 Å². The molecule has 0 atom stereocenters. The Labute approximate surface area is 153 Å². The van der Waals surface area contributed by atoms with E-state index < -0.39 is 0 Å². The molecule has 132 valence electrons. The van der Waals surface area contributed by atoms with Crippen LogP contribution in [0.4, 0.5) is 5.69 Å². The molecule has 0 saturated carbocycles. The van der Waals surface area contributed by atoms with Crippen LogP contribution in [0, 0.1) is 20.8 Å². The van der Waals surface area contributed by atoms with Gasteiger partial charge in [-0.05, 0) is 69.4 Å². The molecule has 1 aliphatic carbocycles. The van der Waals surface area contributed by atoms with E-state index in [4.69, 9.17) is 0 Å². The molecule has 3 aromatic rings. The first-order valence-corrected chi connectivity index (χ1v) is 9.09. The van der Waals surface area contributed by atoms with E-state index >= 15 is 0 Å². The van der Waals surface area contributed by atoms with Crippen LogP contribution in [0.15, 0.2) is 42.5 Å². The average Bonchev–Trinajstić information content (AvgIpc) is 3.21. The standard InChI is InChI=1S/C22H23N3O/c1-14-8-11-17(12-9-14)25-20-6-4-5-18(20)21(24-25)22(26)23-19-13-15(2)7-10-16(19)3/h7-13H,4-6H2,1-3H3,(H,23,26). The quantitative estimate of drug-likeness (QED) is 0.757. The molecule has 0 bridgehead atoms. The largest absolute Gasteiger partial charge is 0.320 e. The number of carbonyl (C=O) groups is 1. The molecule has 2 aromatic carbocycles. The van der Waals surface area contributed by atoms with Gasteiger partial charge in [-0.2, -0.15) is 5.10 Å². The minimum absolute atomic E-state index is 0.122. The van der Waals surface area contributed by atoms with Gasteiger partial charge < -0.3 is 5.32 Å². The monoisotopic (exact) mass is 345 g/mol. The fourth-order valence-electron chi connectivity index (χ4n) is 3.57. The lowest BCUT2D eigenvalue weighted by molar-refractivity contribution is 0.102. The lowest BCUT2D eigenvalue weighted by atomic mass is 10.1. The van der Waals surface area contributed by atoms with Crippen LogP contribution in [0.5, 0.6) is 0 Å². The zero-order valence-corrected chi connectivity index (χ0v) is 15.5. The molecule has 0 unspecified atom stereocenters. The number of amides is 1. The van der Waals surface area contributed by atoms with Crippen LogP contribution in [0.25, 0.3) is 5.69 Å². The maximum absolute atomic E-state index is 12.9. The van der Waals surface area contributed by atoms with Crippen molar-refractivity contribution in [2.24, 2.45) is 0 Å². The van der Waals surface area contributed by atoms with Gasteiger partial charge in [-0.1, -0.05) is 29.8 Å². The highest BCUT2D eigenvalue weighted by Crippen LogP contribution is 2.29. The second kappa shape index (κ2) is 6.45. The van der Waals surface area contributed by atoms with Crippen molar-refractivity contribution in [2.45, 2.75) is 40.0 Å². The predicted octanol–water partition coefficient (Wildman–Crippen LogP) is 4.54. The summed E-state index contributed by atoms with van der Waals surface area (Å²) in [5, 5.41) is 7.74. The Morgan fingerprint density at radius 3 is 2.50 bits per heavy atom. The maximum atomic E-state index is 12.9. The van der Waals surface area contributed by atoms with Gasteiger partial charge in [0.05, 0.1) is 5.69 Å². The first-order valence-electron chi connectivity index (χ1n) is 9.09. The molecule has 1 aromatic heterocycles. The van der Waals surface area contributed by atoms with Crippen molar-refractivity contribution >= 4 is 11.6 Å². The number of aromatic nitrogens is 2. The van der Waals surface area contributed by atoms with Crippen molar-refractivity contribution in [1.29, 1.82) is 0 Å². The van der Waals surface area contributed by atoms with Crippen molar-refractivity contribution < 1.29 is 4.79 Å². The van der Waals surface area contributed by atoms with Gasteiger partial charge in [0.2, 0.25) is 0 Å². The second-order valence-electron chi connectivity index (χ2n) is 7.15. The summed E-state index contributed by atoms with van der Waals surface area (Å²) in [4.78, 5) is 12.9. The number of anilines is 1. The highest BCUT2D eigenvalue weighted by atomic mass is 16.2. The first-order chi connectivity index (χ1) is 12.5. The number of hydrogen-bond acceptors (Lipinski definition) is 2. The van der Waals surface area contributed by atoms with Gasteiger partial charge in [0.25, 0.3) is 5.91 Å². The molecule has 0 saturated heterocycles. The van der Waals surface area contributed by atoms with Crippen LogP contribution in [-0.2, 0) is 12.8 Å². The number of aryl methyl sites for hydroxylation is 3. The summed E-state index contributed by atoms with van der Waals surface area (Å²) in [5.41, 5.74) is 8.07. The third-order valence-electron chi connectivity index (χ3n) is 5.07. The Balaban J connectivity index is 1.71. The molecular formula is C22H23N3O. The van der Waals surface area contributed by atoms with Crippen LogP contribution in [-0.4, -0.2) is 15.7 Å². The van der Waals surface area contributed by atoms with E-state index in [-0.39, 0.29) is 5.91 Å². The minimum Gasteiger partial charge on any atom is -0.320 e. The molecule has 4 heteroatoms. The van der Waals surface area contributed by atoms with E-state index in [1.54, 1.807) is 0 Å². The summed E-state index contributed by atoms with van der Waals surface area (Å²) in [6.45, 7) is 6.10. The lowest BCUT2D eigenvalue weighted by Gasteiger charge is -2.09. The molecule has 4 rings (SSSR count). The van der Waals surface area contributed by atoms with Crippen LogP contribution in [0.1, 0.15) is 44.9 Å². The number of benzene rings is 2. The van der Waals surface area contributed by atoms with E-state index in [0.717, 1.165) is 47.3 Å². The second-order valence-corrected chi connectivity index (χ2v) is 7.15. The number of hydrogen-bond donors (Lipinski definition) is 1. The molecule has 0 fully saturated rings.